The first-order chi connectivity index (χ1) is 21.5. The number of furan rings is 4. The number of aryl methyl sites for hydroxylation is 9. The molecule has 0 atom stereocenters. The molecule has 4 heterocycles. The molecule has 0 unspecified atom stereocenters. The van der Waals surface area contributed by atoms with Gasteiger partial charge in [-0.3, -0.25) is 0 Å². The molecule has 8 aromatic rings. The number of para-hydroxylation sites is 1. The number of rotatable bonds is 0. The fraction of sp³-hybridized carbons (Fsp3) is 0.220. The van der Waals surface area contributed by atoms with Gasteiger partial charge in [0.25, 0.3) is 0 Å². The molecule has 4 nitrogen and oxygen atoms in total. The molecule has 4 heteroatoms. The summed E-state index contributed by atoms with van der Waals surface area (Å²) >= 11 is 0. The van der Waals surface area contributed by atoms with E-state index in [0.29, 0.717) is 0 Å². The van der Waals surface area contributed by atoms with Crippen molar-refractivity contribution in [2.75, 3.05) is 0 Å². The number of benzene rings is 4. The van der Waals surface area contributed by atoms with Gasteiger partial charge in [-0.1, -0.05) is 47.5 Å². The minimum Gasteiger partial charge on any atom is -0.464 e. The quantitative estimate of drug-likeness (QED) is 0.174. The van der Waals surface area contributed by atoms with Crippen LogP contribution < -0.4 is 0 Å². The molecule has 4 aromatic carbocycles. The molecule has 0 saturated carbocycles. The van der Waals surface area contributed by atoms with E-state index in [-0.39, 0.29) is 0 Å². The van der Waals surface area contributed by atoms with Gasteiger partial charge in [-0.2, -0.15) is 0 Å². The van der Waals surface area contributed by atoms with E-state index in [2.05, 4.69) is 90.1 Å². The Labute approximate surface area is 265 Å². The van der Waals surface area contributed by atoms with Gasteiger partial charge < -0.3 is 17.7 Å². The van der Waals surface area contributed by atoms with Crippen LogP contribution in [0.4, 0.5) is 0 Å². The van der Waals surface area contributed by atoms with Crippen molar-refractivity contribution in [2.24, 2.45) is 0 Å². The van der Waals surface area contributed by atoms with Crippen molar-refractivity contribution in [1.82, 2.24) is 0 Å². The van der Waals surface area contributed by atoms with E-state index in [9.17, 15) is 0 Å². The molecule has 0 fully saturated rings. The minimum atomic E-state index is 0.985. The summed E-state index contributed by atoms with van der Waals surface area (Å²) in [5, 5.41) is 4.82. The lowest BCUT2D eigenvalue weighted by Gasteiger charge is -1.96. The van der Waals surface area contributed by atoms with Crippen LogP contribution in [0.5, 0.6) is 0 Å². The van der Waals surface area contributed by atoms with Crippen molar-refractivity contribution in [1.29, 1.82) is 0 Å². The summed E-state index contributed by atoms with van der Waals surface area (Å²) in [6.45, 7) is 18.6. The van der Waals surface area contributed by atoms with E-state index in [4.69, 9.17) is 17.7 Å². The second-order valence-corrected chi connectivity index (χ2v) is 12.0. The second-order valence-electron chi connectivity index (χ2n) is 12.0. The average Bonchev–Trinajstić information content (AvgIpc) is 3.76. The van der Waals surface area contributed by atoms with Crippen LogP contribution in [0.1, 0.15) is 50.5 Å². The Morgan fingerprint density at radius 2 is 0.956 bits per heavy atom. The lowest BCUT2D eigenvalue weighted by Crippen LogP contribution is -1.76. The van der Waals surface area contributed by atoms with Crippen LogP contribution >= 0.6 is 0 Å². The first-order valence-corrected chi connectivity index (χ1v) is 15.3. The van der Waals surface area contributed by atoms with Gasteiger partial charge in [0.1, 0.15) is 33.9 Å². The Balaban J connectivity index is 0.000000119. The molecule has 0 spiro atoms. The Morgan fingerprint density at radius 1 is 0.400 bits per heavy atom. The first kappa shape index (κ1) is 31.5. The van der Waals surface area contributed by atoms with Crippen molar-refractivity contribution in [3.8, 4) is 0 Å². The van der Waals surface area contributed by atoms with Crippen LogP contribution in [-0.4, -0.2) is 0 Å². The van der Waals surface area contributed by atoms with Gasteiger partial charge in [0, 0.05) is 21.5 Å². The SMILES string of the molecule is Cc1cc(C)c2cc(C)oc2c1.Cc1cc(C)c2oc(C)cc2c1.Cc1cc(C)c2occc2c1.Cc1cccc2ccoc12. The molecule has 8 rings (SSSR count). The highest BCUT2D eigenvalue weighted by Crippen LogP contribution is 2.25. The number of hydrogen-bond acceptors (Lipinski definition) is 4. The molecule has 0 radical (unpaired) electrons. The lowest BCUT2D eigenvalue weighted by atomic mass is 10.1. The Morgan fingerprint density at radius 3 is 1.64 bits per heavy atom. The van der Waals surface area contributed by atoms with Crippen LogP contribution in [-0.2, 0) is 0 Å². The molecule has 0 aliphatic rings. The highest BCUT2D eigenvalue weighted by molar-refractivity contribution is 5.83. The maximum Gasteiger partial charge on any atom is 0.137 e. The van der Waals surface area contributed by atoms with Crippen molar-refractivity contribution >= 4 is 43.9 Å². The van der Waals surface area contributed by atoms with E-state index in [0.717, 1.165) is 33.9 Å². The summed E-state index contributed by atoms with van der Waals surface area (Å²) in [5.41, 5.74) is 12.8. The standard InChI is InChI=1S/2C11H12O.C10H10O.C9H8O/c1-7-4-8(2)10-6-9(3)12-11(10)5-7;1-7-4-8(2)11-10(5-7)6-9(3)12-11;1-7-5-8(2)10-9(6-7)3-4-11-10;1-7-3-2-4-8-5-6-10-9(7)8/h2*4-6H,1-3H3;3-6H,1-2H3;2-6H,1H3. The topological polar surface area (TPSA) is 52.6 Å². The summed E-state index contributed by atoms with van der Waals surface area (Å²) in [4.78, 5) is 0. The zero-order valence-corrected chi connectivity index (χ0v) is 27.8. The molecule has 4 aromatic heterocycles. The largest absolute Gasteiger partial charge is 0.464 e. The molecular weight excluding hydrogens is 556 g/mol. The summed E-state index contributed by atoms with van der Waals surface area (Å²) in [7, 11) is 0. The third-order valence-corrected chi connectivity index (χ3v) is 7.74. The molecule has 0 amide bonds. The second kappa shape index (κ2) is 13.4. The summed E-state index contributed by atoms with van der Waals surface area (Å²) < 4.78 is 21.6. The predicted molar refractivity (Wildman–Crippen MR) is 187 cm³/mol. The summed E-state index contributed by atoms with van der Waals surface area (Å²) in [6.07, 6.45) is 3.45. The minimum absolute atomic E-state index is 0.985. The fourth-order valence-electron chi connectivity index (χ4n) is 5.85. The van der Waals surface area contributed by atoms with Gasteiger partial charge in [0.15, 0.2) is 0 Å². The van der Waals surface area contributed by atoms with Gasteiger partial charge in [-0.25, -0.2) is 0 Å². The smallest absolute Gasteiger partial charge is 0.137 e. The molecule has 0 aliphatic carbocycles. The van der Waals surface area contributed by atoms with Crippen molar-refractivity contribution < 1.29 is 17.7 Å². The zero-order chi connectivity index (χ0) is 32.2. The maximum absolute atomic E-state index is 5.55. The number of fused-ring (bicyclic) bond motifs is 4. The van der Waals surface area contributed by atoms with Crippen molar-refractivity contribution in [3.63, 3.8) is 0 Å². The monoisotopic (exact) mass is 598 g/mol. The predicted octanol–water partition coefficient (Wildman–Crippen LogP) is 12.5. The van der Waals surface area contributed by atoms with Gasteiger partial charge in [0.05, 0.1) is 12.5 Å². The molecule has 0 saturated heterocycles. The van der Waals surface area contributed by atoms with Crippen molar-refractivity contribution in [2.45, 2.75) is 62.3 Å². The Kier molecular flexibility index (Phi) is 9.34. The third kappa shape index (κ3) is 7.41. The maximum atomic E-state index is 5.55. The average molecular weight is 599 g/mol. The molecule has 0 aliphatic heterocycles. The fourth-order valence-corrected chi connectivity index (χ4v) is 5.85. The number of hydrogen-bond donors (Lipinski definition) is 0. The van der Waals surface area contributed by atoms with Gasteiger partial charge in [-0.05, 0) is 133 Å². The van der Waals surface area contributed by atoms with E-state index in [1.54, 1.807) is 12.5 Å². The van der Waals surface area contributed by atoms with E-state index >= 15 is 0 Å². The van der Waals surface area contributed by atoms with Gasteiger partial charge in [-0.15, -0.1) is 0 Å². The van der Waals surface area contributed by atoms with Gasteiger partial charge in [0.2, 0.25) is 0 Å². The van der Waals surface area contributed by atoms with Crippen LogP contribution in [0.25, 0.3) is 43.9 Å². The van der Waals surface area contributed by atoms with Crippen LogP contribution in [0.2, 0.25) is 0 Å². The molecule has 0 bridgehead atoms. The van der Waals surface area contributed by atoms with Crippen LogP contribution in [0, 0.1) is 62.3 Å². The van der Waals surface area contributed by atoms with Gasteiger partial charge >= 0.3 is 0 Å². The van der Waals surface area contributed by atoms with E-state index in [1.807, 2.05) is 51.1 Å². The third-order valence-electron chi connectivity index (χ3n) is 7.74. The zero-order valence-electron chi connectivity index (χ0n) is 27.8. The molecular formula is C41H42O4. The molecule has 230 valence electrons. The van der Waals surface area contributed by atoms with E-state index < -0.39 is 0 Å². The highest BCUT2D eigenvalue weighted by atomic mass is 16.3. The molecule has 0 N–H and O–H groups in total. The normalized spacial score (nSPS) is 10.8. The van der Waals surface area contributed by atoms with Crippen molar-refractivity contribution in [3.05, 3.63) is 142 Å². The molecule has 45 heavy (non-hydrogen) atoms. The Bertz CT molecular complexity index is 2130. The lowest BCUT2D eigenvalue weighted by molar-refractivity contribution is 0.576. The Hall–Kier alpha value is -4.96. The van der Waals surface area contributed by atoms with E-state index in [1.165, 1.54) is 60.5 Å². The highest BCUT2D eigenvalue weighted by Gasteiger charge is 2.04. The van der Waals surface area contributed by atoms with Crippen LogP contribution in [0.3, 0.4) is 0 Å². The summed E-state index contributed by atoms with van der Waals surface area (Å²) in [5.74, 6) is 1.97. The summed E-state index contributed by atoms with van der Waals surface area (Å²) in [6, 6.07) is 27.1. The first-order valence-electron chi connectivity index (χ1n) is 15.3. The van der Waals surface area contributed by atoms with Crippen LogP contribution in [0.15, 0.2) is 109 Å².